The molecule has 0 aromatic heterocycles. The highest BCUT2D eigenvalue weighted by Gasteiger charge is 2.46. The summed E-state index contributed by atoms with van der Waals surface area (Å²) in [6.07, 6.45) is 0. The van der Waals surface area contributed by atoms with Crippen molar-refractivity contribution in [3.63, 3.8) is 0 Å². The number of hydrogen-bond acceptors (Lipinski definition) is 10. The summed E-state index contributed by atoms with van der Waals surface area (Å²) in [6.45, 7) is 3.72. The Bertz CT molecular complexity index is 1400. The molecule has 0 radical (unpaired) electrons. The van der Waals surface area contributed by atoms with Crippen molar-refractivity contribution in [3.8, 4) is 11.5 Å². The van der Waals surface area contributed by atoms with Gasteiger partial charge < -0.3 is 18.9 Å². The zero-order valence-electron chi connectivity index (χ0n) is 21.6. The van der Waals surface area contributed by atoms with E-state index >= 15 is 0 Å². The lowest BCUT2D eigenvalue weighted by Gasteiger charge is -2.45. The van der Waals surface area contributed by atoms with Crippen LogP contribution in [0.4, 0.5) is 5.69 Å². The van der Waals surface area contributed by atoms with Gasteiger partial charge in [-0.2, -0.15) is 0 Å². The number of amides is 1. The van der Waals surface area contributed by atoms with E-state index in [1.807, 2.05) is 13.8 Å². The SMILES string of the molecule is COC(=O)C1=C(C(=O)OC)SC(=C2C(=S)C(C)(C)N(C(=O)c3cccc(OC)c3)c3ccc(OC)cc32)S1. The second kappa shape index (κ2) is 10.8. The molecule has 11 heteroatoms. The molecule has 0 saturated carbocycles. The van der Waals surface area contributed by atoms with E-state index in [4.69, 9.17) is 31.2 Å². The Balaban J connectivity index is 1.93. The van der Waals surface area contributed by atoms with Gasteiger partial charge in [0.2, 0.25) is 0 Å². The highest BCUT2D eigenvalue weighted by Crippen LogP contribution is 2.56. The van der Waals surface area contributed by atoms with Crippen LogP contribution >= 0.6 is 35.7 Å². The van der Waals surface area contributed by atoms with Gasteiger partial charge in [-0.25, -0.2) is 9.59 Å². The maximum atomic E-state index is 14.0. The van der Waals surface area contributed by atoms with Gasteiger partial charge in [0, 0.05) is 16.7 Å². The molecule has 38 heavy (non-hydrogen) atoms. The van der Waals surface area contributed by atoms with Crippen molar-refractivity contribution in [3.05, 3.63) is 67.6 Å². The molecule has 0 aliphatic carbocycles. The van der Waals surface area contributed by atoms with Crippen LogP contribution < -0.4 is 14.4 Å². The summed E-state index contributed by atoms with van der Waals surface area (Å²) in [5, 5.41) is 0. The Labute approximate surface area is 234 Å². The van der Waals surface area contributed by atoms with Crippen molar-refractivity contribution in [1.29, 1.82) is 0 Å². The van der Waals surface area contributed by atoms with Gasteiger partial charge in [0.25, 0.3) is 5.91 Å². The van der Waals surface area contributed by atoms with E-state index in [-0.39, 0.29) is 15.7 Å². The molecular weight excluding hydrogens is 546 g/mol. The minimum absolute atomic E-state index is 0.117. The lowest BCUT2D eigenvalue weighted by atomic mass is 9.82. The van der Waals surface area contributed by atoms with Gasteiger partial charge in [0.05, 0.1) is 48.8 Å². The van der Waals surface area contributed by atoms with Crippen LogP contribution in [0.15, 0.2) is 56.5 Å². The van der Waals surface area contributed by atoms with Crippen LogP contribution in [0.2, 0.25) is 0 Å². The van der Waals surface area contributed by atoms with E-state index < -0.39 is 17.5 Å². The van der Waals surface area contributed by atoms with Gasteiger partial charge in [0.1, 0.15) is 21.3 Å². The smallest absolute Gasteiger partial charge is 0.346 e. The molecule has 2 heterocycles. The number of thioether (sulfide) groups is 2. The number of ether oxygens (including phenoxy) is 4. The van der Waals surface area contributed by atoms with Crippen molar-refractivity contribution in [2.24, 2.45) is 0 Å². The number of anilines is 1. The van der Waals surface area contributed by atoms with Crippen molar-refractivity contribution >= 4 is 69.7 Å². The molecule has 2 aliphatic rings. The minimum Gasteiger partial charge on any atom is -0.497 e. The van der Waals surface area contributed by atoms with E-state index in [0.29, 0.717) is 43.0 Å². The Hall–Kier alpha value is -3.28. The standard InChI is InChI=1S/C27H25NO7S3/c1-27(2)22(36)19(26-37-20(24(30)34-5)21(38-26)25(31)35-6)17-13-16(33-4)10-11-18(17)28(27)23(29)14-8-7-9-15(12-14)32-3/h7-13H,1-6H3. The number of esters is 2. The quantitative estimate of drug-likeness (QED) is 0.270. The largest absolute Gasteiger partial charge is 0.497 e. The van der Waals surface area contributed by atoms with Gasteiger partial charge in [-0.15, -0.1) is 0 Å². The average molecular weight is 572 g/mol. The minimum atomic E-state index is -0.958. The summed E-state index contributed by atoms with van der Waals surface area (Å²) in [5.41, 5.74) is 1.34. The maximum Gasteiger partial charge on any atom is 0.346 e. The first-order valence-electron chi connectivity index (χ1n) is 11.3. The molecule has 2 aromatic rings. The van der Waals surface area contributed by atoms with Gasteiger partial charge >= 0.3 is 11.9 Å². The van der Waals surface area contributed by atoms with Crippen molar-refractivity contribution in [2.75, 3.05) is 33.3 Å². The Morgan fingerprint density at radius 3 is 1.97 bits per heavy atom. The van der Waals surface area contributed by atoms with Gasteiger partial charge in [-0.05, 0) is 50.2 Å². The molecule has 0 unspecified atom stereocenters. The highest BCUT2D eigenvalue weighted by molar-refractivity contribution is 8.29. The molecule has 1 amide bonds. The predicted molar refractivity (Wildman–Crippen MR) is 153 cm³/mol. The fourth-order valence-corrected chi connectivity index (χ4v) is 7.21. The first-order valence-corrected chi connectivity index (χ1v) is 13.4. The monoisotopic (exact) mass is 571 g/mol. The highest BCUT2D eigenvalue weighted by atomic mass is 32.2. The van der Waals surface area contributed by atoms with Crippen LogP contribution in [0.25, 0.3) is 5.57 Å². The van der Waals surface area contributed by atoms with Crippen LogP contribution in [0.1, 0.15) is 29.8 Å². The molecule has 0 spiro atoms. The molecule has 8 nitrogen and oxygen atoms in total. The lowest BCUT2D eigenvalue weighted by molar-refractivity contribution is -0.138. The third kappa shape index (κ3) is 4.70. The summed E-state index contributed by atoms with van der Waals surface area (Å²) in [7, 11) is 5.58. The van der Waals surface area contributed by atoms with Crippen LogP contribution in [0.5, 0.6) is 11.5 Å². The molecule has 4 rings (SSSR count). The third-order valence-electron chi connectivity index (χ3n) is 6.12. The number of rotatable bonds is 5. The van der Waals surface area contributed by atoms with Crippen LogP contribution in [0, 0.1) is 0 Å². The van der Waals surface area contributed by atoms with E-state index in [9.17, 15) is 14.4 Å². The van der Waals surface area contributed by atoms with Gasteiger partial charge in [-0.1, -0.05) is 41.8 Å². The van der Waals surface area contributed by atoms with Crippen molar-refractivity contribution in [2.45, 2.75) is 19.4 Å². The third-order valence-corrected chi connectivity index (χ3v) is 9.38. The van der Waals surface area contributed by atoms with E-state index in [0.717, 1.165) is 23.5 Å². The summed E-state index contributed by atoms with van der Waals surface area (Å²) < 4.78 is 21.2. The van der Waals surface area contributed by atoms with Crippen molar-refractivity contribution < 1.29 is 33.3 Å². The normalized spacial score (nSPS) is 16.3. The number of fused-ring (bicyclic) bond motifs is 1. The topological polar surface area (TPSA) is 91.4 Å². The zero-order chi connectivity index (χ0) is 27.8. The first-order chi connectivity index (χ1) is 18.1. The molecule has 0 bridgehead atoms. The summed E-state index contributed by atoms with van der Waals surface area (Å²) in [4.78, 5) is 41.3. The molecule has 0 fully saturated rings. The fourth-order valence-electron chi connectivity index (χ4n) is 4.17. The Morgan fingerprint density at radius 2 is 1.42 bits per heavy atom. The van der Waals surface area contributed by atoms with Gasteiger partial charge in [0.15, 0.2) is 0 Å². The number of methoxy groups -OCH3 is 4. The van der Waals surface area contributed by atoms with Crippen molar-refractivity contribution in [1.82, 2.24) is 0 Å². The first kappa shape index (κ1) is 27.7. The molecule has 0 N–H and O–H groups in total. The fraction of sp³-hybridized carbons (Fsp3) is 0.259. The summed E-state index contributed by atoms with van der Waals surface area (Å²) in [5.74, 6) is -0.454. The van der Waals surface area contributed by atoms with E-state index in [1.165, 1.54) is 14.2 Å². The number of carbonyl (C=O) groups excluding carboxylic acids is 3. The van der Waals surface area contributed by atoms with Crippen LogP contribution in [-0.4, -0.2) is 56.7 Å². The second-order valence-electron chi connectivity index (χ2n) is 8.65. The number of hydrogen-bond donors (Lipinski definition) is 0. The molecular formula is C27H25NO7S3. The number of nitrogens with zero attached hydrogens (tertiary/aromatic N) is 1. The second-order valence-corrected chi connectivity index (χ2v) is 11.4. The van der Waals surface area contributed by atoms with E-state index in [1.54, 1.807) is 61.6 Å². The average Bonchev–Trinajstić information content (AvgIpc) is 3.37. The zero-order valence-corrected chi connectivity index (χ0v) is 24.0. The molecule has 0 saturated heterocycles. The Kier molecular flexibility index (Phi) is 7.91. The van der Waals surface area contributed by atoms with E-state index in [2.05, 4.69) is 0 Å². The number of thiocarbonyl (C=S) groups is 1. The number of benzene rings is 2. The summed E-state index contributed by atoms with van der Waals surface area (Å²) >= 11 is 8.21. The Morgan fingerprint density at radius 1 is 0.842 bits per heavy atom. The van der Waals surface area contributed by atoms with Gasteiger partial charge in [-0.3, -0.25) is 9.69 Å². The predicted octanol–water partition coefficient (Wildman–Crippen LogP) is 5.22. The lowest BCUT2D eigenvalue weighted by Crippen LogP contribution is -2.56. The maximum absolute atomic E-state index is 14.0. The van der Waals surface area contributed by atoms with Crippen LogP contribution in [0.3, 0.4) is 0 Å². The molecule has 0 atom stereocenters. The molecule has 198 valence electrons. The number of carbonyl (C=O) groups is 3. The summed E-state index contributed by atoms with van der Waals surface area (Å²) in [6, 6.07) is 12.3. The molecule has 2 aromatic carbocycles. The molecule has 2 aliphatic heterocycles. The van der Waals surface area contributed by atoms with Crippen LogP contribution in [-0.2, 0) is 19.1 Å².